The molecule has 1 aromatic heterocycles. The molecule has 1 aromatic rings. The number of rotatable bonds is 3. The summed E-state index contributed by atoms with van der Waals surface area (Å²) in [5, 5.41) is 3.32. The van der Waals surface area contributed by atoms with Crippen LogP contribution < -0.4 is 5.73 Å². The van der Waals surface area contributed by atoms with Gasteiger partial charge in [-0.2, -0.15) is 0 Å². The van der Waals surface area contributed by atoms with Crippen molar-refractivity contribution >= 4 is 28.5 Å². The molecule has 0 unspecified atom stereocenters. The molecule has 3 nitrogen and oxygen atoms in total. The fourth-order valence-corrected chi connectivity index (χ4v) is 3.09. The van der Waals surface area contributed by atoms with Crippen LogP contribution in [0, 0.1) is 12.8 Å². The average Bonchev–Trinajstić information content (AvgIpc) is 2.65. The molecule has 2 N–H and O–H groups in total. The van der Waals surface area contributed by atoms with Gasteiger partial charge in [0.2, 0.25) is 0 Å². The summed E-state index contributed by atoms with van der Waals surface area (Å²) < 4.78 is 0. The monoisotopic (exact) mass is 255 g/mol. The van der Waals surface area contributed by atoms with Crippen molar-refractivity contribution in [3.63, 3.8) is 0 Å². The number of thiocarbonyl (C=S) groups is 1. The second-order valence-electron chi connectivity index (χ2n) is 4.34. The van der Waals surface area contributed by atoms with E-state index in [1.54, 1.807) is 11.3 Å². The van der Waals surface area contributed by atoms with Crippen LogP contribution in [-0.2, 0) is 6.54 Å². The third-order valence-electron chi connectivity index (χ3n) is 3.02. The van der Waals surface area contributed by atoms with Gasteiger partial charge in [0.1, 0.15) is 5.01 Å². The van der Waals surface area contributed by atoms with Gasteiger partial charge in [-0.25, -0.2) is 4.98 Å². The number of aromatic nitrogens is 1. The van der Waals surface area contributed by atoms with Gasteiger partial charge < -0.3 is 5.73 Å². The van der Waals surface area contributed by atoms with E-state index in [4.69, 9.17) is 18.0 Å². The minimum Gasteiger partial charge on any atom is -0.393 e. The van der Waals surface area contributed by atoms with E-state index >= 15 is 0 Å². The molecule has 1 aliphatic heterocycles. The number of hydrogen-bond donors (Lipinski definition) is 1. The zero-order chi connectivity index (χ0) is 11.5. The van der Waals surface area contributed by atoms with Gasteiger partial charge in [0, 0.05) is 17.0 Å². The van der Waals surface area contributed by atoms with Gasteiger partial charge >= 0.3 is 0 Å². The zero-order valence-corrected chi connectivity index (χ0v) is 11.1. The van der Waals surface area contributed by atoms with E-state index in [1.165, 1.54) is 5.01 Å². The summed E-state index contributed by atoms with van der Waals surface area (Å²) in [6.07, 6.45) is 2.19. The molecule has 0 amide bonds. The van der Waals surface area contributed by atoms with Gasteiger partial charge in [0.25, 0.3) is 0 Å². The molecule has 88 valence electrons. The normalized spacial score (nSPS) is 18.8. The van der Waals surface area contributed by atoms with E-state index in [1.807, 2.05) is 6.92 Å². The molecular weight excluding hydrogens is 238 g/mol. The number of piperidine rings is 1. The van der Waals surface area contributed by atoms with Crippen LogP contribution in [0.25, 0.3) is 0 Å². The number of nitrogens with zero attached hydrogens (tertiary/aromatic N) is 2. The van der Waals surface area contributed by atoms with Crippen LogP contribution in [0.1, 0.15) is 23.5 Å². The van der Waals surface area contributed by atoms with Gasteiger partial charge in [-0.05, 0) is 32.9 Å². The molecule has 0 radical (unpaired) electrons. The first kappa shape index (κ1) is 12.0. The Morgan fingerprint density at radius 3 is 2.81 bits per heavy atom. The van der Waals surface area contributed by atoms with Crippen molar-refractivity contribution in [1.82, 2.24) is 9.88 Å². The van der Waals surface area contributed by atoms with E-state index in [0.717, 1.165) is 38.2 Å². The Kier molecular flexibility index (Phi) is 3.89. The Morgan fingerprint density at radius 1 is 1.62 bits per heavy atom. The molecule has 0 aliphatic carbocycles. The van der Waals surface area contributed by atoms with Crippen LogP contribution in [0.3, 0.4) is 0 Å². The number of likely N-dealkylation sites (tertiary alicyclic amines) is 1. The molecule has 0 spiro atoms. The Morgan fingerprint density at radius 2 is 2.31 bits per heavy atom. The van der Waals surface area contributed by atoms with Crippen molar-refractivity contribution < 1.29 is 0 Å². The van der Waals surface area contributed by atoms with Gasteiger partial charge in [0.05, 0.1) is 11.5 Å². The van der Waals surface area contributed by atoms with E-state index in [0.29, 0.717) is 10.9 Å². The average molecular weight is 255 g/mol. The first-order chi connectivity index (χ1) is 7.65. The fraction of sp³-hybridized carbons (Fsp3) is 0.636. The summed E-state index contributed by atoms with van der Waals surface area (Å²) in [7, 11) is 0. The molecule has 0 saturated carbocycles. The third-order valence-corrected chi connectivity index (χ3v) is 4.30. The van der Waals surface area contributed by atoms with E-state index in [9.17, 15) is 0 Å². The van der Waals surface area contributed by atoms with Crippen molar-refractivity contribution in [2.24, 2.45) is 11.7 Å². The van der Waals surface area contributed by atoms with Crippen molar-refractivity contribution in [2.75, 3.05) is 13.1 Å². The Balaban J connectivity index is 1.83. The summed E-state index contributed by atoms with van der Waals surface area (Å²) in [5.74, 6) is 0.448. The fourth-order valence-electron chi connectivity index (χ4n) is 2.04. The third kappa shape index (κ3) is 2.99. The highest BCUT2D eigenvalue weighted by molar-refractivity contribution is 7.80. The SMILES string of the molecule is Cc1csc(CN2CCC(C(N)=S)CC2)n1. The highest BCUT2D eigenvalue weighted by Crippen LogP contribution is 2.20. The lowest BCUT2D eigenvalue weighted by molar-refractivity contribution is 0.202. The van der Waals surface area contributed by atoms with Crippen LogP contribution in [0.5, 0.6) is 0 Å². The predicted octanol–water partition coefficient (Wildman–Crippen LogP) is 1.95. The van der Waals surface area contributed by atoms with E-state index < -0.39 is 0 Å². The molecule has 2 rings (SSSR count). The Labute approximate surface area is 106 Å². The standard InChI is InChI=1S/C11H17N3S2/c1-8-7-16-10(13-8)6-14-4-2-9(3-5-14)11(12)15/h7,9H,2-6H2,1H3,(H2,12,15). The van der Waals surface area contributed by atoms with Crippen LogP contribution in [0.4, 0.5) is 0 Å². The second-order valence-corrected chi connectivity index (χ2v) is 5.75. The molecular formula is C11H17N3S2. The van der Waals surface area contributed by atoms with Gasteiger partial charge in [-0.3, -0.25) is 4.90 Å². The molecule has 16 heavy (non-hydrogen) atoms. The van der Waals surface area contributed by atoms with Crippen molar-refractivity contribution in [3.05, 3.63) is 16.1 Å². The van der Waals surface area contributed by atoms with Crippen LogP contribution in [0.2, 0.25) is 0 Å². The number of aryl methyl sites for hydroxylation is 1. The highest BCUT2D eigenvalue weighted by Gasteiger charge is 2.21. The highest BCUT2D eigenvalue weighted by atomic mass is 32.1. The lowest BCUT2D eigenvalue weighted by Crippen LogP contribution is -2.37. The largest absolute Gasteiger partial charge is 0.393 e. The number of nitrogens with two attached hydrogens (primary N) is 1. The van der Waals surface area contributed by atoms with Crippen molar-refractivity contribution in [1.29, 1.82) is 0 Å². The predicted molar refractivity (Wildman–Crippen MR) is 71.6 cm³/mol. The Hall–Kier alpha value is -0.520. The lowest BCUT2D eigenvalue weighted by Gasteiger charge is -2.30. The maximum absolute atomic E-state index is 5.67. The Bertz CT molecular complexity index is 367. The van der Waals surface area contributed by atoms with Gasteiger partial charge in [-0.1, -0.05) is 12.2 Å². The van der Waals surface area contributed by atoms with Crippen molar-refractivity contribution in [3.8, 4) is 0 Å². The van der Waals surface area contributed by atoms with E-state index in [2.05, 4.69) is 15.3 Å². The van der Waals surface area contributed by atoms with Gasteiger partial charge in [-0.15, -0.1) is 11.3 Å². The first-order valence-corrected chi connectivity index (χ1v) is 6.86. The topological polar surface area (TPSA) is 42.1 Å². The van der Waals surface area contributed by atoms with Crippen LogP contribution in [0.15, 0.2) is 5.38 Å². The summed E-state index contributed by atoms with van der Waals surface area (Å²) in [6.45, 7) is 5.18. The maximum atomic E-state index is 5.67. The summed E-state index contributed by atoms with van der Waals surface area (Å²) in [5.41, 5.74) is 6.79. The molecule has 2 heterocycles. The first-order valence-electron chi connectivity index (χ1n) is 5.58. The number of thiazole rings is 1. The van der Waals surface area contributed by atoms with Gasteiger partial charge in [0.15, 0.2) is 0 Å². The quantitative estimate of drug-likeness (QED) is 0.838. The maximum Gasteiger partial charge on any atom is 0.107 e. The molecule has 0 atom stereocenters. The zero-order valence-electron chi connectivity index (χ0n) is 9.48. The van der Waals surface area contributed by atoms with Crippen molar-refractivity contribution in [2.45, 2.75) is 26.3 Å². The molecule has 5 heteroatoms. The summed E-state index contributed by atoms with van der Waals surface area (Å²) >= 11 is 6.78. The molecule has 0 bridgehead atoms. The summed E-state index contributed by atoms with van der Waals surface area (Å²) in [4.78, 5) is 7.61. The molecule has 1 saturated heterocycles. The minimum atomic E-state index is 0.448. The smallest absolute Gasteiger partial charge is 0.107 e. The van der Waals surface area contributed by atoms with Crippen LogP contribution in [-0.4, -0.2) is 28.0 Å². The lowest BCUT2D eigenvalue weighted by atomic mass is 9.97. The van der Waals surface area contributed by atoms with E-state index in [-0.39, 0.29) is 0 Å². The number of hydrogen-bond acceptors (Lipinski definition) is 4. The molecule has 0 aromatic carbocycles. The minimum absolute atomic E-state index is 0.448. The molecule has 1 aliphatic rings. The summed E-state index contributed by atoms with van der Waals surface area (Å²) in [6, 6.07) is 0. The van der Waals surface area contributed by atoms with Crippen LogP contribution >= 0.6 is 23.6 Å². The molecule has 1 fully saturated rings. The second kappa shape index (κ2) is 5.21.